The molecule has 0 amide bonds. The van der Waals surface area contributed by atoms with Crippen LogP contribution in [0.15, 0.2) is 46.0 Å². The van der Waals surface area contributed by atoms with Gasteiger partial charge in [-0.3, -0.25) is 0 Å². The number of thiophene rings is 1. The molecule has 3 rings (SSSR count). The highest BCUT2D eigenvalue weighted by Crippen LogP contribution is 2.28. The maximum Gasteiger partial charge on any atom is 0.252 e. The van der Waals surface area contributed by atoms with Gasteiger partial charge in [-0.1, -0.05) is 18.2 Å². The molecule has 0 bridgehead atoms. The van der Waals surface area contributed by atoms with E-state index < -0.39 is 15.6 Å². The fourth-order valence-electron chi connectivity index (χ4n) is 3.39. The number of rotatable bonds is 6. The molecule has 0 saturated carbocycles. The van der Waals surface area contributed by atoms with Crippen LogP contribution in [0.5, 0.6) is 0 Å². The summed E-state index contributed by atoms with van der Waals surface area (Å²) < 4.78 is 27.7. The molecule has 0 aliphatic carbocycles. The highest BCUT2D eigenvalue weighted by Gasteiger charge is 2.34. The highest BCUT2D eigenvalue weighted by molar-refractivity contribution is 7.91. The molecule has 1 aliphatic heterocycles. The molecule has 0 unspecified atom stereocenters. The number of benzene rings is 1. The Bertz CT molecular complexity index is 843. The second kappa shape index (κ2) is 7.89. The Morgan fingerprint density at radius 3 is 2.48 bits per heavy atom. The minimum absolute atomic E-state index is 0.0338. The Morgan fingerprint density at radius 1 is 1.22 bits per heavy atom. The molecule has 0 radical (unpaired) electrons. The Balaban J connectivity index is 1.81. The van der Waals surface area contributed by atoms with Crippen molar-refractivity contribution in [1.29, 1.82) is 0 Å². The smallest absolute Gasteiger partial charge is 0.252 e. The number of piperazine rings is 1. The summed E-state index contributed by atoms with van der Waals surface area (Å²) in [5.41, 5.74) is 1.02. The lowest BCUT2D eigenvalue weighted by Gasteiger charge is -2.42. The second-order valence-electron chi connectivity index (χ2n) is 7.31. The fraction of sp³-hybridized carbons (Fsp3) is 0.474. The van der Waals surface area contributed by atoms with Gasteiger partial charge >= 0.3 is 0 Å². The Hall–Kier alpha value is -1.45. The topological polar surface area (TPSA) is 72.9 Å². The van der Waals surface area contributed by atoms with Crippen molar-refractivity contribution in [3.05, 3.63) is 47.3 Å². The molecule has 1 aliphatic rings. The number of anilines is 1. The third-order valence-corrected chi connectivity index (χ3v) is 8.12. The van der Waals surface area contributed by atoms with Crippen molar-refractivity contribution in [3.63, 3.8) is 0 Å². The zero-order chi connectivity index (χ0) is 19.7. The summed E-state index contributed by atoms with van der Waals surface area (Å²) >= 11 is 1.26. The number of hydrogen-bond acceptors (Lipinski definition) is 6. The molecule has 148 valence electrons. The molecule has 1 atom stereocenters. The van der Waals surface area contributed by atoms with Gasteiger partial charge in [-0.05, 0) is 50.0 Å². The standard InChI is InChI=1S/C19H27N3O3S2/c1-19(2,23)15-6-8-16(9-7-15)22-11-10-21(14-17(22)13-20-3)27(24,25)18-5-4-12-26-18/h4-9,12,17,20,23H,10-11,13-14H2,1-3H3/t17-/m0/s1. The summed E-state index contributed by atoms with van der Waals surface area (Å²) in [5.74, 6) is 0. The predicted octanol–water partition coefficient (Wildman–Crippen LogP) is 2.07. The summed E-state index contributed by atoms with van der Waals surface area (Å²) in [4.78, 5) is 2.24. The third kappa shape index (κ3) is 4.35. The van der Waals surface area contributed by atoms with Crippen LogP contribution in [0, 0.1) is 0 Å². The van der Waals surface area contributed by atoms with Crippen molar-refractivity contribution in [2.75, 3.05) is 38.1 Å². The number of sulfonamides is 1. The lowest BCUT2D eigenvalue weighted by Crippen LogP contribution is -2.57. The van der Waals surface area contributed by atoms with Gasteiger partial charge in [0.2, 0.25) is 0 Å². The molecule has 6 nitrogen and oxygen atoms in total. The van der Waals surface area contributed by atoms with Crippen LogP contribution in [-0.2, 0) is 15.6 Å². The molecule has 8 heteroatoms. The first kappa shape index (κ1) is 20.3. The zero-order valence-electron chi connectivity index (χ0n) is 15.9. The quantitative estimate of drug-likeness (QED) is 0.764. The molecule has 2 heterocycles. The van der Waals surface area contributed by atoms with E-state index in [9.17, 15) is 13.5 Å². The average molecular weight is 410 g/mol. The fourth-order valence-corrected chi connectivity index (χ4v) is 6.01. The SMILES string of the molecule is CNC[C@H]1CN(S(=O)(=O)c2cccs2)CCN1c1ccc(C(C)(C)O)cc1. The van der Waals surface area contributed by atoms with Crippen LogP contribution >= 0.6 is 11.3 Å². The highest BCUT2D eigenvalue weighted by atomic mass is 32.2. The largest absolute Gasteiger partial charge is 0.386 e. The van der Waals surface area contributed by atoms with E-state index >= 15 is 0 Å². The lowest BCUT2D eigenvalue weighted by molar-refractivity contribution is 0.0786. The Labute approximate surface area is 165 Å². The summed E-state index contributed by atoms with van der Waals surface area (Å²) in [7, 11) is -1.56. The van der Waals surface area contributed by atoms with Crippen LogP contribution in [0.3, 0.4) is 0 Å². The molecular formula is C19H27N3O3S2. The predicted molar refractivity (Wildman–Crippen MR) is 110 cm³/mol. The molecule has 1 aromatic heterocycles. The van der Waals surface area contributed by atoms with Crippen molar-refractivity contribution < 1.29 is 13.5 Å². The van der Waals surface area contributed by atoms with Gasteiger partial charge in [0.1, 0.15) is 4.21 Å². The van der Waals surface area contributed by atoms with Gasteiger partial charge in [0.25, 0.3) is 10.0 Å². The van der Waals surface area contributed by atoms with Crippen LogP contribution in [0.2, 0.25) is 0 Å². The van der Waals surface area contributed by atoms with Gasteiger partial charge in [-0.25, -0.2) is 8.42 Å². The third-order valence-electron chi connectivity index (χ3n) is 4.88. The van der Waals surface area contributed by atoms with Crippen molar-refractivity contribution in [1.82, 2.24) is 9.62 Å². The molecule has 0 spiro atoms. The monoisotopic (exact) mass is 409 g/mol. The van der Waals surface area contributed by atoms with Gasteiger partial charge in [0.05, 0.1) is 11.6 Å². The molecule has 2 aromatic rings. The normalized spacial score (nSPS) is 19.4. The maximum atomic E-state index is 12.9. The summed E-state index contributed by atoms with van der Waals surface area (Å²) in [6.07, 6.45) is 0. The molecule has 1 fully saturated rings. The second-order valence-corrected chi connectivity index (χ2v) is 10.4. The summed E-state index contributed by atoms with van der Waals surface area (Å²) in [5, 5.41) is 15.1. The number of hydrogen-bond donors (Lipinski definition) is 2. The lowest BCUT2D eigenvalue weighted by atomic mass is 9.98. The number of aliphatic hydroxyl groups is 1. The molecule has 1 aromatic carbocycles. The van der Waals surface area contributed by atoms with Crippen LogP contribution < -0.4 is 10.2 Å². The molecule has 27 heavy (non-hydrogen) atoms. The Morgan fingerprint density at radius 2 is 1.93 bits per heavy atom. The van der Waals surface area contributed by atoms with E-state index in [2.05, 4.69) is 10.2 Å². The van der Waals surface area contributed by atoms with Gasteiger partial charge < -0.3 is 15.3 Å². The van der Waals surface area contributed by atoms with E-state index in [1.54, 1.807) is 35.7 Å². The van der Waals surface area contributed by atoms with E-state index in [-0.39, 0.29) is 6.04 Å². The minimum atomic E-state index is -3.44. The van der Waals surface area contributed by atoms with E-state index in [4.69, 9.17) is 0 Å². The van der Waals surface area contributed by atoms with Crippen LogP contribution in [0.1, 0.15) is 19.4 Å². The van der Waals surface area contributed by atoms with Crippen molar-refractivity contribution in [3.8, 4) is 0 Å². The van der Waals surface area contributed by atoms with E-state index in [1.807, 2.05) is 31.3 Å². The summed E-state index contributed by atoms with van der Waals surface area (Å²) in [6.45, 7) is 5.73. The first-order valence-electron chi connectivity index (χ1n) is 9.01. The maximum absolute atomic E-state index is 12.9. The Kier molecular flexibility index (Phi) is 5.93. The van der Waals surface area contributed by atoms with Crippen molar-refractivity contribution in [2.45, 2.75) is 29.7 Å². The number of likely N-dealkylation sites (N-methyl/N-ethyl adjacent to an activating group) is 1. The molecular weight excluding hydrogens is 382 g/mol. The zero-order valence-corrected chi connectivity index (χ0v) is 17.6. The minimum Gasteiger partial charge on any atom is -0.386 e. The van der Waals surface area contributed by atoms with E-state index in [1.165, 1.54) is 11.3 Å². The first-order valence-corrected chi connectivity index (χ1v) is 11.3. The van der Waals surface area contributed by atoms with Gasteiger partial charge in [0.15, 0.2) is 0 Å². The van der Waals surface area contributed by atoms with Crippen LogP contribution in [-0.4, -0.2) is 57.1 Å². The molecule has 1 saturated heterocycles. The van der Waals surface area contributed by atoms with E-state index in [0.29, 0.717) is 30.4 Å². The van der Waals surface area contributed by atoms with Gasteiger partial charge in [0, 0.05) is 31.9 Å². The van der Waals surface area contributed by atoms with Crippen molar-refractivity contribution >= 4 is 27.0 Å². The van der Waals surface area contributed by atoms with Crippen LogP contribution in [0.25, 0.3) is 0 Å². The average Bonchev–Trinajstić information content (AvgIpc) is 3.17. The molecule has 2 N–H and O–H groups in total. The number of nitrogens with one attached hydrogen (secondary N) is 1. The first-order chi connectivity index (χ1) is 12.7. The van der Waals surface area contributed by atoms with E-state index in [0.717, 1.165) is 11.3 Å². The van der Waals surface area contributed by atoms with Crippen LogP contribution in [0.4, 0.5) is 5.69 Å². The summed E-state index contributed by atoms with van der Waals surface area (Å²) in [6, 6.07) is 11.3. The number of nitrogens with zero attached hydrogens (tertiary/aromatic N) is 2. The van der Waals surface area contributed by atoms with Gasteiger partial charge in [-0.15, -0.1) is 11.3 Å². The van der Waals surface area contributed by atoms with Gasteiger partial charge in [-0.2, -0.15) is 4.31 Å². The van der Waals surface area contributed by atoms with Crippen molar-refractivity contribution in [2.24, 2.45) is 0 Å².